The topological polar surface area (TPSA) is 52.0 Å². The molecule has 0 unspecified atom stereocenters. The number of hydrogen-bond donors (Lipinski definition) is 0. The molecular weight excluding hydrogens is 140 g/mol. The third kappa shape index (κ3) is 5.70. The van der Waals surface area contributed by atoms with Crippen LogP contribution in [0.1, 0.15) is 13.8 Å². The first-order valence-electron chi connectivity index (χ1n) is 3.63. The zero-order chi connectivity index (χ0) is 8.91. The van der Waals surface area contributed by atoms with Crippen molar-refractivity contribution in [2.75, 3.05) is 27.2 Å². The minimum atomic E-state index is 0.0791. The van der Waals surface area contributed by atoms with Crippen LogP contribution in [0.3, 0.4) is 0 Å². The molecule has 11 heavy (non-hydrogen) atoms. The van der Waals surface area contributed by atoms with Crippen LogP contribution >= 0.6 is 0 Å². The van der Waals surface area contributed by atoms with E-state index in [9.17, 15) is 0 Å². The van der Waals surface area contributed by atoms with Crippen LogP contribution in [0.2, 0.25) is 0 Å². The van der Waals surface area contributed by atoms with Gasteiger partial charge in [-0.05, 0) is 25.0 Å². The number of hydrogen-bond acceptors (Lipinski definition) is 2. The summed E-state index contributed by atoms with van der Waals surface area (Å²) in [5, 5.41) is 3.55. The van der Waals surface area contributed by atoms with E-state index in [0.717, 1.165) is 6.54 Å². The molecule has 0 aliphatic carbocycles. The zero-order valence-corrected chi connectivity index (χ0v) is 7.70. The normalized spacial score (nSPS) is 11.4. The fraction of sp³-hybridized carbons (Fsp3) is 1.00. The van der Waals surface area contributed by atoms with E-state index in [1.54, 1.807) is 0 Å². The highest BCUT2D eigenvalue weighted by molar-refractivity contribution is 4.73. The van der Waals surface area contributed by atoms with Gasteiger partial charge in [-0.15, -0.1) is 0 Å². The zero-order valence-electron chi connectivity index (χ0n) is 7.70. The van der Waals surface area contributed by atoms with Crippen molar-refractivity contribution in [2.45, 2.75) is 13.8 Å². The van der Waals surface area contributed by atoms with Crippen molar-refractivity contribution < 1.29 is 0 Å². The van der Waals surface area contributed by atoms with Crippen LogP contribution in [0, 0.1) is 5.41 Å². The summed E-state index contributed by atoms with van der Waals surface area (Å²) < 4.78 is 0. The van der Waals surface area contributed by atoms with Crippen LogP contribution in [-0.2, 0) is 0 Å². The van der Waals surface area contributed by atoms with E-state index in [0.29, 0.717) is 6.54 Å². The summed E-state index contributed by atoms with van der Waals surface area (Å²) in [6, 6.07) is 0. The summed E-state index contributed by atoms with van der Waals surface area (Å²) in [5.74, 6) is 0. The summed E-state index contributed by atoms with van der Waals surface area (Å²) in [6.45, 7) is 5.66. The van der Waals surface area contributed by atoms with Gasteiger partial charge in [0, 0.05) is 18.0 Å². The molecule has 0 amide bonds. The molecule has 0 N–H and O–H groups in total. The Balaban J connectivity index is 3.88. The Morgan fingerprint density at radius 2 is 2.00 bits per heavy atom. The van der Waals surface area contributed by atoms with E-state index in [4.69, 9.17) is 5.53 Å². The van der Waals surface area contributed by atoms with E-state index in [1.165, 1.54) is 0 Å². The smallest absolute Gasteiger partial charge is 0.0321 e. The summed E-state index contributed by atoms with van der Waals surface area (Å²) in [7, 11) is 4.02. The van der Waals surface area contributed by atoms with E-state index < -0.39 is 0 Å². The molecule has 0 radical (unpaired) electrons. The van der Waals surface area contributed by atoms with E-state index in [2.05, 4.69) is 28.8 Å². The standard InChI is InChI=1S/C7H16N4/c1-7(2,5-9-10-8)6-11(3)4/h5-6H2,1-4H3. The first-order chi connectivity index (χ1) is 4.98. The molecule has 64 valence electrons. The maximum atomic E-state index is 8.11. The molecule has 0 aliphatic rings. The van der Waals surface area contributed by atoms with Gasteiger partial charge in [0.15, 0.2) is 0 Å². The summed E-state index contributed by atoms with van der Waals surface area (Å²) >= 11 is 0. The Morgan fingerprint density at radius 3 is 2.36 bits per heavy atom. The van der Waals surface area contributed by atoms with Crippen LogP contribution in [0.4, 0.5) is 0 Å². The fourth-order valence-electron chi connectivity index (χ4n) is 1.13. The van der Waals surface area contributed by atoms with Crippen LogP contribution in [0.5, 0.6) is 0 Å². The highest BCUT2D eigenvalue weighted by Crippen LogP contribution is 2.15. The Morgan fingerprint density at radius 1 is 1.45 bits per heavy atom. The first-order valence-corrected chi connectivity index (χ1v) is 3.63. The van der Waals surface area contributed by atoms with E-state index in [1.807, 2.05) is 14.1 Å². The highest BCUT2D eigenvalue weighted by Gasteiger charge is 2.16. The average Bonchev–Trinajstić information content (AvgIpc) is 1.81. The van der Waals surface area contributed by atoms with Crippen LogP contribution < -0.4 is 0 Å². The summed E-state index contributed by atoms with van der Waals surface area (Å²) in [5.41, 5.74) is 8.19. The number of azide groups is 1. The lowest BCUT2D eigenvalue weighted by atomic mass is 9.93. The van der Waals surface area contributed by atoms with Crippen molar-refractivity contribution in [1.82, 2.24) is 4.90 Å². The Kier molecular flexibility index (Phi) is 3.93. The minimum Gasteiger partial charge on any atom is -0.309 e. The predicted octanol–water partition coefficient (Wildman–Crippen LogP) is 1.88. The maximum Gasteiger partial charge on any atom is 0.0321 e. The minimum absolute atomic E-state index is 0.0791. The number of nitrogens with zero attached hydrogens (tertiary/aromatic N) is 4. The van der Waals surface area contributed by atoms with Crippen LogP contribution in [-0.4, -0.2) is 32.1 Å². The van der Waals surface area contributed by atoms with Crippen LogP contribution in [0.25, 0.3) is 10.4 Å². The van der Waals surface area contributed by atoms with Gasteiger partial charge in [0.1, 0.15) is 0 Å². The molecule has 0 saturated heterocycles. The Bertz CT molecular complexity index is 156. The van der Waals surface area contributed by atoms with Crippen molar-refractivity contribution in [1.29, 1.82) is 0 Å². The van der Waals surface area contributed by atoms with Gasteiger partial charge in [0.2, 0.25) is 0 Å². The molecule has 0 atom stereocenters. The molecule has 4 heteroatoms. The molecule has 0 rings (SSSR count). The molecule has 4 nitrogen and oxygen atoms in total. The van der Waals surface area contributed by atoms with Crippen molar-refractivity contribution in [3.05, 3.63) is 10.4 Å². The summed E-state index contributed by atoms with van der Waals surface area (Å²) in [6.07, 6.45) is 0. The molecule has 0 heterocycles. The molecule has 0 aromatic carbocycles. The van der Waals surface area contributed by atoms with Crippen LogP contribution in [0.15, 0.2) is 5.11 Å². The predicted molar refractivity (Wildman–Crippen MR) is 46.3 cm³/mol. The summed E-state index contributed by atoms with van der Waals surface area (Å²) in [4.78, 5) is 4.82. The lowest BCUT2D eigenvalue weighted by Gasteiger charge is -2.25. The van der Waals surface area contributed by atoms with Gasteiger partial charge in [-0.25, -0.2) is 0 Å². The van der Waals surface area contributed by atoms with Gasteiger partial charge >= 0.3 is 0 Å². The third-order valence-electron chi connectivity index (χ3n) is 1.31. The Hall–Kier alpha value is -0.730. The lowest BCUT2D eigenvalue weighted by molar-refractivity contribution is 0.248. The lowest BCUT2D eigenvalue weighted by Crippen LogP contribution is -2.30. The molecule has 0 saturated carbocycles. The highest BCUT2D eigenvalue weighted by atomic mass is 15.1. The van der Waals surface area contributed by atoms with Gasteiger partial charge in [-0.3, -0.25) is 0 Å². The van der Waals surface area contributed by atoms with Gasteiger partial charge in [-0.2, -0.15) is 0 Å². The molecular formula is C7H16N4. The number of rotatable bonds is 4. The SMILES string of the molecule is CN(C)CC(C)(C)CN=[N+]=[N-]. The molecule has 0 aromatic rings. The molecule has 0 bridgehead atoms. The van der Waals surface area contributed by atoms with Crippen molar-refractivity contribution in [3.63, 3.8) is 0 Å². The quantitative estimate of drug-likeness (QED) is 0.348. The van der Waals surface area contributed by atoms with E-state index >= 15 is 0 Å². The fourth-order valence-corrected chi connectivity index (χ4v) is 1.13. The van der Waals surface area contributed by atoms with Crippen molar-refractivity contribution >= 4 is 0 Å². The van der Waals surface area contributed by atoms with Gasteiger partial charge < -0.3 is 4.90 Å². The van der Waals surface area contributed by atoms with E-state index in [-0.39, 0.29) is 5.41 Å². The Labute approximate surface area is 67.8 Å². The molecule has 0 spiro atoms. The largest absolute Gasteiger partial charge is 0.309 e. The molecule has 0 fully saturated rings. The molecule has 0 aromatic heterocycles. The van der Waals surface area contributed by atoms with Gasteiger partial charge in [-0.1, -0.05) is 19.0 Å². The van der Waals surface area contributed by atoms with Gasteiger partial charge in [0.05, 0.1) is 0 Å². The van der Waals surface area contributed by atoms with Crippen molar-refractivity contribution in [3.8, 4) is 0 Å². The van der Waals surface area contributed by atoms with Gasteiger partial charge in [0.25, 0.3) is 0 Å². The molecule has 0 aliphatic heterocycles. The van der Waals surface area contributed by atoms with Crippen molar-refractivity contribution in [2.24, 2.45) is 10.5 Å². The monoisotopic (exact) mass is 156 g/mol. The maximum absolute atomic E-state index is 8.11. The first kappa shape index (κ1) is 10.3. The average molecular weight is 156 g/mol. The second-order valence-corrected chi connectivity index (χ2v) is 3.79. The third-order valence-corrected chi connectivity index (χ3v) is 1.31. The second kappa shape index (κ2) is 4.21. The second-order valence-electron chi connectivity index (χ2n) is 3.79.